The maximum absolute atomic E-state index is 6.20. The summed E-state index contributed by atoms with van der Waals surface area (Å²) in [6.45, 7) is 1.44. The highest BCUT2D eigenvalue weighted by molar-refractivity contribution is 6.31. The third-order valence-electron chi connectivity index (χ3n) is 4.02. The lowest BCUT2D eigenvalue weighted by Crippen LogP contribution is -2.05. The summed E-state index contributed by atoms with van der Waals surface area (Å²) >= 11 is 6.20. The van der Waals surface area contributed by atoms with Gasteiger partial charge in [-0.05, 0) is 42.2 Å². The summed E-state index contributed by atoms with van der Waals surface area (Å²) in [6, 6.07) is 26.3. The Bertz CT molecular complexity index is 789. The first-order valence-corrected chi connectivity index (χ1v) is 8.94. The molecule has 0 spiro atoms. The highest BCUT2D eigenvalue weighted by atomic mass is 35.5. The molecule has 0 heterocycles. The Morgan fingerprint density at radius 1 is 0.800 bits per heavy atom. The molecule has 0 aliphatic rings. The number of rotatable bonds is 8. The molecule has 0 aliphatic heterocycles. The van der Waals surface area contributed by atoms with Gasteiger partial charge in [0.05, 0.1) is 5.69 Å². The molecule has 0 radical (unpaired) electrons. The van der Waals surface area contributed by atoms with Crippen LogP contribution in [0.5, 0.6) is 5.75 Å². The van der Waals surface area contributed by atoms with E-state index in [4.69, 9.17) is 16.3 Å². The lowest BCUT2D eigenvalue weighted by Gasteiger charge is -2.13. The number of para-hydroxylation sites is 2. The van der Waals surface area contributed by atoms with Gasteiger partial charge < -0.3 is 10.1 Å². The molecule has 0 bridgehead atoms. The summed E-state index contributed by atoms with van der Waals surface area (Å²) in [5, 5.41) is 4.31. The van der Waals surface area contributed by atoms with E-state index in [0.29, 0.717) is 6.61 Å². The minimum atomic E-state index is 0.569. The minimum Gasteiger partial charge on any atom is -0.487 e. The van der Waals surface area contributed by atoms with Crippen molar-refractivity contribution in [3.8, 4) is 5.75 Å². The second-order valence-electron chi connectivity index (χ2n) is 5.89. The number of hydrogen-bond acceptors (Lipinski definition) is 2. The Hall–Kier alpha value is -2.45. The van der Waals surface area contributed by atoms with E-state index >= 15 is 0 Å². The first-order valence-electron chi connectivity index (χ1n) is 8.56. The van der Waals surface area contributed by atoms with Crippen molar-refractivity contribution in [3.63, 3.8) is 0 Å². The molecule has 0 aromatic heterocycles. The highest BCUT2D eigenvalue weighted by Gasteiger charge is 2.04. The van der Waals surface area contributed by atoms with E-state index in [1.165, 1.54) is 5.56 Å². The first-order chi connectivity index (χ1) is 12.3. The predicted octanol–water partition coefficient (Wildman–Crippen LogP) is 5.96. The summed E-state index contributed by atoms with van der Waals surface area (Å²) in [5.74, 6) is 0.879. The Labute approximate surface area is 154 Å². The van der Waals surface area contributed by atoms with Gasteiger partial charge in [0.2, 0.25) is 0 Å². The van der Waals surface area contributed by atoms with Crippen LogP contribution in [0.2, 0.25) is 5.02 Å². The van der Waals surface area contributed by atoms with Crippen LogP contribution in [0.25, 0.3) is 0 Å². The number of anilines is 1. The van der Waals surface area contributed by atoms with Gasteiger partial charge in [-0.2, -0.15) is 0 Å². The number of hydrogen-bond donors (Lipinski definition) is 1. The number of halogens is 1. The van der Waals surface area contributed by atoms with Crippen molar-refractivity contribution in [2.24, 2.45) is 0 Å². The van der Waals surface area contributed by atoms with Gasteiger partial charge in [-0.3, -0.25) is 0 Å². The van der Waals surface area contributed by atoms with Crippen LogP contribution in [0.1, 0.15) is 17.5 Å². The van der Waals surface area contributed by atoms with Crippen molar-refractivity contribution in [3.05, 3.63) is 95.0 Å². The van der Waals surface area contributed by atoms with E-state index in [-0.39, 0.29) is 0 Å². The molecule has 2 nitrogen and oxygen atoms in total. The van der Waals surface area contributed by atoms with Crippen LogP contribution in [-0.2, 0) is 13.0 Å². The van der Waals surface area contributed by atoms with Crippen LogP contribution in [0.3, 0.4) is 0 Å². The monoisotopic (exact) mass is 351 g/mol. The zero-order valence-electron chi connectivity index (χ0n) is 14.1. The molecule has 0 unspecified atom stereocenters. The zero-order valence-corrected chi connectivity index (χ0v) is 14.9. The van der Waals surface area contributed by atoms with E-state index < -0.39 is 0 Å². The summed E-state index contributed by atoms with van der Waals surface area (Å²) in [4.78, 5) is 0. The van der Waals surface area contributed by atoms with Gasteiger partial charge in [-0.15, -0.1) is 0 Å². The number of nitrogens with one attached hydrogen (secondary N) is 1. The van der Waals surface area contributed by atoms with E-state index in [2.05, 4.69) is 29.6 Å². The molecule has 0 saturated heterocycles. The van der Waals surface area contributed by atoms with Crippen LogP contribution in [0, 0.1) is 0 Å². The number of benzene rings is 3. The van der Waals surface area contributed by atoms with Gasteiger partial charge in [0, 0.05) is 11.6 Å². The number of aryl methyl sites for hydroxylation is 1. The van der Waals surface area contributed by atoms with Gasteiger partial charge >= 0.3 is 0 Å². The quantitative estimate of drug-likeness (QED) is 0.505. The second-order valence-corrected chi connectivity index (χ2v) is 6.30. The molecular weight excluding hydrogens is 330 g/mol. The molecular formula is C22H22ClNO. The molecule has 3 heteroatoms. The smallest absolute Gasteiger partial charge is 0.142 e. The summed E-state index contributed by atoms with van der Waals surface area (Å²) in [7, 11) is 0. The second kappa shape index (κ2) is 9.14. The Kier molecular flexibility index (Phi) is 6.35. The number of ether oxygens (including phenoxy) is 1. The lowest BCUT2D eigenvalue weighted by molar-refractivity contribution is 0.307. The van der Waals surface area contributed by atoms with E-state index in [9.17, 15) is 0 Å². The van der Waals surface area contributed by atoms with Crippen LogP contribution in [0.15, 0.2) is 78.9 Å². The van der Waals surface area contributed by atoms with Crippen LogP contribution >= 0.6 is 11.6 Å². The van der Waals surface area contributed by atoms with Gasteiger partial charge in [-0.25, -0.2) is 0 Å². The average molecular weight is 352 g/mol. The van der Waals surface area contributed by atoms with Gasteiger partial charge in [0.25, 0.3) is 0 Å². The van der Waals surface area contributed by atoms with Crippen molar-refractivity contribution in [2.75, 3.05) is 11.9 Å². The maximum Gasteiger partial charge on any atom is 0.142 e. The normalized spacial score (nSPS) is 10.4. The molecule has 0 fully saturated rings. The van der Waals surface area contributed by atoms with Crippen molar-refractivity contribution in [2.45, 2.75) is 19.4 Å². The van der Waals surface area contributed by atoms with E-state index in [1.54, 1.807) is 0 Å². The molecule has 1 N–H and O–H groups in total. The predicted molar refractivity (Wildman–Crippen MR) is 105 cm³/mol. The van der Waals surface area contributed by atoms with Crippen molar-refractivity contribution in [1.82, 2.24) is 0 Å². The molecule has 0 amide bonds. The van der Waals surface area contributed by atoms with Crippen LogP contribution in [0.4, 0.5) is 5.69 Å². The molecule has 0 aliphatic carbocycles. The lowest BCUT2D eigenvalue weighted by atomic mass is 10.1. The third kappa shape index (κ3) is 5.27. The third-order valence-corrected chi connectivity index (χ3v) is 4.39. The first kappa shape index (κ1) is 17.4. The molecule has 128 valence electrons. The summed E-state index contributed by atoms with van der Waals surface area (Å²) in [6.07, 6.45) is 1.97. The van der Waals surface area contributed by atoms with E-state index in [1.807, 2.05) is 54.6 Å². The molecule has 3 aromatic carbocycles. The topological polar surface area (TPSA) is 21.3 Å². The Morgan fingerprint density at radius 3 is 2.36 bits per heavy atom. The van der Waals surface area contributed by atoms with Gasteiger partial charge in [0.1, 0.15) is 12.4 Å². The highest BCUT2D eigenvalue weighted by Crippen LogP contribution is 2.25. The van der Waals surface area contributed by atoms with Crippen molar-refractivity contribution in [1.29, 1.82) is 0 Å². The SMILES string of the molecule is Clc1ccccc1CCCNc1ccccc1OCc1ccccc1. The fourth-order valence-corrected chi connectivity index (χ4v) is 2.91. The fourth-order valence-electron chi connectivity index (χ4n) is 2.68. The summed E-state index contributed by atoms with van der Waals surface area (Å²) < 4.78 is 5.97. The average Bonchev–Trinajstić information content (AvgIpc) is 2.66. The van der Waals surface area contributed by atoms with Gasteiger partial charge in [-0.1, -0.05) is 72.3 Å². The molecule has 25 heavy (non-hydrogen) atoms. The van der Waals surface area contributed by atoms with Crippen molar-refractivity contribution >= 4 is 17.3 Å². The standard InChI is InChI=1S/C22H22ClNO/c23-20-13-5-4-11-19(20)12-8-16-24-21-14-6-7-15-22(21)25-17-18-9-2-1-3-10-18/h1-7,9-11,13-15,24H,8,12,16-17H2. The molecule has 3 rings (SSSR count). The largest absolute Gasteiger partial charge is 0.487 e. The maximum atomic E-state index is 6.20. The molecule has 3 aromatic rings. The van der Waals surface area contributed by atoms with Gasteiger partial charge in [0.15, 0.2) is 0 Å². The molecule has 0 saturated carbocycles. The Balaban J connectivity index is 1.51. The van der Waals surface area contributed by atoms with Crippen LogP contribution in [-0.4, -0.2) is 6.54 Å². The summed E-state index contributed by atoms with van der Waals surface area (Å²) in [5.41, 5.74) is 3.38. The molecule has 0 atom stereocenters. The van der Waals surface area contributed by atoms with E-state index in [0.717, 1.165) is 41.4 Å². The fraction of sp³-hybridized carbons (Fsp3) is 0.182. The van der Waals surface area contributed by atoms with Crippen molar-refractivity contribution < 1.29 is 4.74 Å². The Morgan fingerprint density at radius 2 is 1.52 bits per heavy atom. The minimum absolute atomic E-state index is 0.569. The zero-order chi connectivity index (χ0) is 17.3. The van der Waals surface area contributed by atoms with Crippen LogP contribution < -0.4 is 10.1 Å².